The summed E-state index contributed by atoms with van der Waals surface area (Å²) in [7, 11) is 1.66. The van der Waals surface area contributed by atoms with Crippen LogP contribution in [0.2, 0.25) is 0 Å². The minimum Gasteiger partial charge on any atom is -0.346 e. The third kappa shape index (κ3) is 4.76. The number of pyridine rings is 1. The molecule has 3 heterocycles. The van der Waals surface area contributed by atoms with Gasteiger partial charge in [0, 0.05) is 25.4 Å². The maximum atomic E-state index is 13.9. The van der Waals surface area contributed by atoms with Crippen molar-refractivity contribution in [3.63, 3.8) is 0 Å². The van der Waals surface area contributed by atoms with Gasteiger partial charge in [0.05, 0.1) is 24.0 Å². The van der Waals surface area contributed by atoms with Crippen LogP contribution in [-0.4, -0.2) is 50.1 Å². The number of aromatic nitrogens is 3. The molecule has 3 unspecified atom stereocenters. The van der Waals surface area contributed by atoms with Crippen LogP contribution in [-0.2, 0) is 16.6 Å². The Hall–Kier alpha value is -2.81. The summed E-state index contributed by atoms with van der Waals surface area (Å²) >= 11 is 0. The van der Waals surface area contributed by atoms with E-state index in [1.165, 1.54) is 4.68 Å². The van der Waals surface area contributed by atoms with Crippen molar-refractivity contribution in [2.45, 2.75) is 58.7 Å². The molecule has 0 aliphatic carbocycles. The number of carbonyl (C=O) groups excluding carboxylic acids is 2. The zero-order valence-corrected chi connectivity index (χ0v) is 18.7. The summed E-state index contributed by atoms with van der Waals surface area (Å²) in [5.74, 6) is -0.834. The molecule has 9 heteroatoms. The molecule has 168 valence electrons. The van der Waals surface area contributed by atoms with Crippen LogP contribution in [0.4, 0.5) is 4.39 Å². The first-order chi connectivity index (χ1) is 14.5. The molecular weight excluding hydrogens is 399 g/mol. The summed E-state index contributed by atoms with van der Waals surface area (Å²) in [5.41, 5.74) is 7.35. The molecule has 3 atom stereocenters. The van der Waals surface area contributed by atoms with Crippen LogP contribution in [0.5, 0.6) is 0 Å². The van der Waals surface area contributed by atoms with Crippen molar-refractivity contribution in [3.8, 4) is 11.3 Å². The average molecular weight is 431 g/mol. The first-order valence-corrected chi connectivity index (χ1v) is 10.5. The minimum absolute atomic E-state index is 0.196. The second-order valence-electron chi connectivity index (χ2n) is 9.20. The van der Waals surface area contributed by atoms with Crippen molar-refractivity contribution >= 4 is 11.8 Å². The second-order valence-corrected chi connectivity index (χ2v) is 9.20. The fraction of sp³-hybridized carbons (Fsp3) is 0.545. The van der Waals surface area contributed by atoms with E-state index in [1.807, 2.05) is 27.7 Å². The zero-order valence-electron chi connectivity index (χ0n) is 18.7. The van der Waals surface area contributed by atoms with Crippen LogP contribution in [0.1, 0.15) is 52.3 Å². The molecule has 31 heavy (non-hydrogen) atoms. The summed E-state index contributed by atoms with van der Waals surface area (Å²) in [5, 5.41) is 6.85. The van der Waals surface area contributed by atoms with E-state index in [1.54, 1.807) is 30.3 Å². The van der Waals surface area contributed by atoms with Crippen LogP contribution in [0.25, 0.3) is 11.3 Å². The van der Waals surface area contributed by atoms with Gasteiger partial charge < -0.3 is 16.0 Å². The van der Waals surface area contributed by atoms with Crippen LogP contribution in [0, 0.1) is 11.2 Å². The molecule has 1 aliphatic heterocycles. The number of nitrogens with zero attached hydrogens (tertiary/aromatic N) is 4. The number of nitrogens with two attached hydrogens (primary N) is 1. The van der Waals surface area contributed by atoms with Gasteiger partial charge in [0.15, 0.2) is 5.82 Å². The Morgan fingerprint density at radius 1 is 1.29 bits per heavy atom. The van der Waals surface area contributed by atoms with E-state index in [2.05, 4.69) is 15.4 Å². The maximum Gasteiger partial charge on any atom is 0.243 e. The molecule has 0 saturated carbocycles. The van der Waals surface area contributed by atoms with E-state index in [-0.39, 0.29) is 23.3 Å². The molecule has 8 nitrogen and oxygen atoms in total. The molecule has 1 aliphatic rings. The lowest BCUT2D eigenvalue weighted by Gasteiger charge is -2.33. The monoisotopic (exact) mass is 430 g/mol. The molecule has 2 amide bonds. The van der Waals surface area contributed by atoms with E-state index in [0.29, 0.717) is 29.9 Å². The fourth-order valence-electron chi connectivity index (χ4n) is 3.77. The topological polar surface area (TPSA) is 106 Å². The molecule has 1 saturated heterocycles. The minimum atomic E-state index is -0.667. The number of rotatable bonds is 5. The zero-order chi connectivity index (χ0) is 22.9. The van der Waals surface area contributed by atoms with Gasteiger partial charge in [0.25, 0.3) is 0 Å². The average Bonchev–Trinajstić information content (AvgIpc) is 3.33. The van der Waals surface area contributed by atoms with Gasteiger partial charge >= 0.3 is 0 Å². The number of halogens is 1. The van der Waals surface area contributed by atoms with Crippen molar-refractivity contribution in [3.05, 3.63) is 36.0 Å². The summed E-state index contributed by atoms with van der Waals surface area (Å²) < 4.78 is 15.4. The highest BCUT2D eigenvalue weighted by Gasteiger charge is 2.39. The summed E-state index contributed by atoms with van der Waals surface area (Å²) in [4.78, 5) is 31.7. The van der Waals surface area contributed by atoms with Gasteiger partial charge in [0.1, 0.15) is 11.7 Å². The number of hydrogen-bond acceptors (Lipinski definition) is 5. The van der Waals surface area contributed by atoms with E-state index < -0.39 is 17.9 Å². The Morgan fingerprint density at radius 2 is 2.00 bits per heavy atom. The van der Waals surface area contributed by atoms with Crippen LogP contribution >= 0.6 is 0 Å². The van der Waals surface area contributed by atoms with E-state index in [9.17, 15) is 14.0 Å². The third-order valence-electron chi connectivity index (χ3n) is 5.79. The van der Waals surface area contributed by atoms with Crippen molar-refractivity contribution in [1.82, 2.24) is 25.0 Å². The number of likely N-dealkylation sites (tertiary alicyclic amines) is 1. The Bertz CT molecular complexity index is 930. The lowest BCUT2D eigenvalue weighted by Crippen LogP contribution is -2.55. The summed E-state index contributed by atoms with van der Waals surface area (Å²) in [6.07, 6.45) is 4.09. The van der Waals surface area contributed by atoms with Crippen LogP contribution < -0.4 is 11.1 Å². The molecule has 2 aromatic heterocycles. The Kier molecular flexibility index (Phi) is 6.45. The fourth-order valence-corrected chi connectivity index (χ4v) is 3.77. The van der Waals surface area contributed by atoms with Crippen LogP contribution in [0.15, 0.2) is 24.5 Å². The second kappa shape index (κ2) is 8.74. The SMILES string of the molecule is CC(NC(=O)C1CCCN1C(=O)C(N)C(C)(C)C)c1ccc(-c2c(F)cnn2C)cn1. The Balaban J connectivity index is 1.68. The van der Waals surface area contributed by atoms with Crippen molar-refractivity contribution in [1.29, 1.82) is 0 Å². The first-order valence-electron chi connectivity index (χ1n) is 10.5. The van der Waals surface area contributed by atoms with E-state index >= 15 is 0 Å². The quantitative estimate of drug-likeness (QED) is 0.756. The molecular formula is C22H31FN6O2. The molecule has 1 fully saturated rings. The van der Waals surface area contributed by atoms with Crippen molar-refractivity contribution < 1.29 is 14.0 Å². The molecule has 0 radical (unpaired) electrons. The van der Waals surface area contributed by atoms with Gasteiger partial charge in [-0.25, -0.2) is 4.39 Å². The highest BCUT2D eigenvalue weighted by molar-refractivity contribution is 5.90. The molecule has 3 rings (SSSR count). The lowest BCUT2D eigenvalue weighted by molar-refractivity contribution is -0.141. The van der Waals surface area contributed by atoms with E-state index in [4.69, 9.17) is 5.73 Å². The number of amides is 2. The Morgan fingerprint density at radius 3 is 2.55 bits per heavy atom. The summed E-state index contributed by atoms with van der Waals surface area (Å²) in [6, 6.07) is 1.93. The summed E-state index contributed by atoms with van der Waals surface area (Å²) in [6.45, 7) is 8.09. The van der Waals surface area contributed by atoms with Gasteiger partial charge in [-0.3, -0.25) is 19.3 Å². The highest BCUT2D eigenvalue weighted by atomic mass is 19.1. The number of nitrogens with one attached hydrogen (secondary N) is 1. The van der Waals surface area contributed by atoms with Gasteiger partial charge in [-0.05, 0) is 37.3 Å². The number of hydrogen-bond donors (Lipinski definition) is 2. The molecule has 3 N–H and O–H groups in total. The normalized spacial score (nSPS) is 18.7. The molecule has 0 bridgehead atoms. The van der Waals surface area contributed by atoms with Crippen LogP contribution in [0.3, 0.4) is 0 Å². The van der Waals surface area contributed by atoms with E-state index in [0.717, 1.165) is 12.6 Å². The van der Waals surface area contributed by atoms with Crippen molar-refractivity contribution in [2.75, 3.05) is 6.54 Å². The number of carbonyl (C=O) groups is 2. The predicted octanol–water partition coefficient (Wildman–Crippen LogP) is 2.16. The Labute approximate surface area is 182 Å². The lowest BCUT2D eigenvalue weighted by atomic mass is 9.86. The van der Waals surface area contributed by atoms with Gasteiger partial charge in [-0.2, -0.15) is 5.10 Å². The smallest absolute Gasteiger partial charge is 0.243 e. The molecule has 0 aromatic carbocycles. The van der Waals surface area contributed by atoms with Gasteiger partial charge in [-0.15, -0.1) is 0 Å². The first kappa shape index (κ1) is 22.9. The largest absolute Gasteiger partial charge is 0.346 e. The standard InChI is InChI=1S/C22H31FN6O2/c1-13(16-9-8-14(11-25-16)18-15(23)12-26-28(18)5)27-20(30)17-7-6-10-29(17)21(31)19(24)22(2,3)4/h8-9,11-13,17,19H,6-7,10,24H2,1-5H3,(H,27,30). The van der Waals surface area contributed by atoms with Gasteiger partial charge in [-0.1, -0.05) is 20.8 Å². The maximum absolute atomic E-state index is 13.9. The molecule has 0 spiro atoms. The number of aryl methyl sites for hydroxylation is 1. The van der Waals surface area contributed by atoms with Crippen molar-refractivity contribution in [2.24, 2.45) is 18.2 Å². The predicted molar refractivity (Wildman–Crippen MR) is 115 cm³/mol. The molecule has 2 aromatic rings. The van der Waals surface area contributed by atoms with Gasteiger partial charge in [0.2, 0.25) is 11.8 Å². The highest BCUT2D eigenvalue weighted by Crippen LogP contribution is 2.26. The third-order valence-corrected chi connectivity index (χ3v) is 5.79.